The second kappa shape index (κ2) is 5.30. The minimum absolute atomic E-state index is 0.0280. The van der Waals surface area contributed by atoms with Crippen LogP contribution in [0.3, 0.4) is 0 Å². The summed E-state index contributed by atoms with van der Waals surface area (Å²) in [6, 6.07) is 3.59. The molecule has 0 atom stereocenters. The Kier molecular flexibility index (Phi) is 3.52. The van der Waals surface area contributed by atoms with E-state index in [9.17, 15) is 9.59 Å². The topological polar surface area (TPSA) is 58.6 Å². The first-order valence-corrected chi connectivity index (χ1v) is 7.33. The van der Waals surface area contributed by atoms with Crippen molar-refractivity contribution < 1.29 is 14.3 Å². The molecule has 1 saturated carbocycles. The Labute approximate surface area is 115 Å². The number of nitrogens with one attached hydrogen (secondary N) is 1. The molecule has 3 rings (SSSR count). The van der Waals surface area contributed by atoms with Crippen LogP contribution in [0.1, 0.15) is 22.5 Å². The van der Waals surface area contributed by atoms with E-state index in [-0.39, 0.29) is 17.7 Å². The van der Waals surface area contributed by atoms with Crippen LogP contribution in [0.4, 0.5) is 5.00 Å². The Balaban J connectivity index is 1.62. The lowest BCUT2D eigenvalue weighted by Crippen LogP contribution is -2.40. The molecule has 6 heteroatoms. The van der Waals surface area contributed by atoms with Crippen LogP contribution in [0.15, 0.2) is 12.1 Å². The van der Waals surface area contributed by atoms with Crippen molar-refractivity contribution in [3.63, 3.8) is 0 Å². The highest BCUT2D eigenvalue weighted by Gasteiger charge is 2.30. The van der Waals surface area contributed by atoms with Crippen molar-refractivity contribution in [3.05, 3.63) is 17.0 Å². The largest absolute Gasteiger partial charge is 0.378 e. The summed E-state index contributed by atoms with van der Waals surface area (Å²) in [6.45, 7) is 2.48. The number of nitrogens with zero attached hydrogens (tertiary/aromatic N) is 1. The van der Waals surface area contributed by atoms with Gasteiger partial charge in [-0.25, -0.2) is 0 Å². The van der Waals surface area contributed by atoms with E-state index in [4.69, 9.17) is 4.74 Å². The lowest BCUT2D eigenvalue weighted by Gasteiger charge is -2.26. The molecule has 5 nitrogen and oxygen atoms in total. The van der Waals surface area contributed by atoms with E-state index >= 15 is 0 Å². The smallest absolute Gasteiger partial charge is 0.264 e. The average Bonchev–Trinajstić information content (AvgIpc) is 3.20. The van der Waals surface area contributed by atoms with Crippen LogP contribution in [0.5, 0.6) is 0 Å². The van der Waals surface area contributed by atoms with Gasteiger partial charge in [-0.05, 0) is 25.0 Å². The van der Waals surface area contributed by atoms with Crippen molar-refractivity contribution in [1.82, 2.24) is 4.90 Å². The zero-order chi connectivity index (χ0) is 13.2. The van der Waals surface area contributed by atoms with E-state index in [1.807, 2.05) is 0 Å². The van der Waals surface area contributed by atoms with E-state index in [0.29, 0.717) is 31.2 Å². The van der Waals surface area contributed by atoms with Crippen LogP contribution < -0.4 is 5.32 Å². The SMILES string of the molecule is O=C(Nc1ccc(C(=O)N2CCOCC2)s1)C1CC1. The van der Waals surface area contributed by atoms with Crippen LogP contribution in [0, 0.1) is 5.92 Å². The normalized spacial score (nSPS) is 19.3. The molecule has 1 saturated heterocycles. The molecule has 2 amide bonds. The van der Waals surface area contributed by atoms with E-state index in [1.165, 1.54) is 11.3 Å². The predicted octanol–water partition coefficient (Wildman–Crippen LogP) is 1.57. The lowest BCUT2D eigenvalue weighted by atomic mass is 10.3. The van der Waals surface area contributed by atoms with Crippen LogP contribution in [-0.4, -0.2) is 43.0 Å². The summed E-state index contributed by atoms with van der Waals surface area (Å²) in [6.07, 6.45) is 1.97. The Morgan fingerprint density at radius 2 is 2.00 bits per heavy atom. The molecule has 2 heterocycles. The Morgan fingerprint density at radius 3 is 2.68 bits per heavy atom. The van der Waals surface area contributed by atoms with Crippen molar-refractivity contribution in [2.45, 2.75) is 12.8 Å². The number of ether oxygens (including phenoxy) is 1. The zero-order valence-corrected chi connectivity index (χ0v) is 11.4. The van der Waals surface area contributed by atoms with Gasteiger partial charge in [0.2, 0.25) is 5.91 Å². The molecule has 0 spiro atoms. The highest BCUT2D eigenvalue weighted by molar-refractivity contribution is 7.18. The highest BCUT2D eigenvalue weighted by atomic mass is 32.1. The number of morpholine rings is 1. The van der Waals surface area contributed by atoms with Gasteiger partial charge in [0, 0.05) is 19.0 Å². The van der Waals surface area contributed by atoms with Crippen molar-refractivity contribution in [2.24, 2.45) is 5.92 Å². The molecule has 0 bridgehead atoms. The maximum absolute atomic E-state index is 12.2. The molecule has 0 unspecified atom stereocenters. The minimum atomic E-state index is 0.0280. The number of carbonyl (C=O) groups is 2. The molecule has 1 N–H and O–H groups in total. The van der Waals surface area contributed by atoms with Gasteiger partial charge in [0.25, 0.3) is 5.91 Å². The molecule has 1 aliphatic heterocycles. The summed E-state index contributed by atoms with van der Waals surface area (Å²) in [7, 11) is 0. The van der Waals surface area contributed by atoms with Gasteiger partial charge in [0.15, 0.2) is 0 Å². The highest BCUT2D eigenvalue weighted by Crippen LogP contribution is 2.31. The van der Waals surface area contributed by atoms with Gasteiger partial charge in [0.1, 0.15) is 0 Å². The summed E-state index contributed by atoms with van der Waals surface area (Å²) in [5.41, 5.74) is 0. The third-order valence-electron chi connectivity index (χ3n) is 3.31. The first kappa shape index (κ1) is 12.6. The minimum Gasteiger partial charge on any atom is -0.378 e. The Bertz CT molecular complexity index is 490. The number of thiophene rings is 1. The van der Waals surface area contributed by atoms with Crippen molar-refractivity contribution in [3.8, 4) is 0 Å². The number of hydrogen-bond acceptors (Lipinski definition) is 4. The van der Waals surface area contributed by atoms with Gasteiger partial charge >= 0.3 is 0 Å². The molecule has 0 radical (unpaired) electrons. The molecular formula is C13H16N2O3S. The number of carbonyl (C=O) groups excluding carboxylic acids is 2. The predicted molar refractivity (Wildman–Crippen MR) is 72.4 cm³/mol. The average molecular weight is 280 g/mol. The first-order valence-electron chi connectivity index (χ1n) is 6.52. The van der Waals surface area contributed by atoms with Crippen LogP contribution >= 0.6 is 11.3 Å². The quantitative estimate of drug-likeness (QED) is 0.914. The zero-order valence-electron chi connectivity index (χ0n) is 10.6. The van der Waals surface area contributed by atoms with Gasteiger partial charge < -0.3 is 15.0 Å². The van der Waals surface area contributed by atoms with Gasteiger partial charge in [-0.15, -0.1) is 11.3 Å². The van der Waals surface area contributed by atoms with Crippen molar-refractivity contribution in [2.75, 3.05) is 31.6 Å². The van der Waals surface area contributed by atoms with E-state index in [2.05, 4.69) is 5.32 Å². The van der Waals surface area contributed by atoms with Crippen LogP contribution in [0.25, 0.3) is 0 Å². The monoisotopic (exact) mass is 280 g/mol. The van der Waals surface area contributed by atoms with Crippen LogP contribution in [0.2, 0.25) is 0 Å². The fourth-order valence-electron chi connectivity index (χ4n) is 2.01. The molecule has 0 aromatic carbocycles. The second-order valence-electron chi connectivity index (χ2n) is 4.83. The fraction of sp³-hybridized carbons (Fsp3) is 0.538. The maximum Gasteiger partial charge on any atom is 0.264 e. The maximum atomic E-state index is 12.2. The van der Waals surface area contributed by atoms with E-state index in [1.54, 1.807) is 17.0 Å². The molecule has 2 aliphatic rings. The Hall–Kier alpha value is -1.40. The van der Waals surface area contributed by atoms with Gasteiger partial charge in [-0.2, -0.15) is 0 Å². The fourth-order valence-corrected chi connectivity index (χ4v) is 2.89. The third-order valence-corrected chi connectivity index (χ3v) is 4.30. The molecule has 1 aromatic rings. The van der Waals surface area contributed by atoms with Gasteiger partial charge in [-0.3, -0.25) is 9.59 Å². The first-order chi connectivity index (χ1) is 9.24. The standard InChI is InChI=1S/C13H16N2O3S/c16-12(9-1-2-9)14-11-4-3-10(19-11)13(17)15-5-7-18-8-6-15/h3-4,9H,1-2,5-8H2,(H,14,16). The Morgan fingerprint density at radius 1 is 1.26 bits per heavy atom. The number of hydrogen-bond donors (Lipinski definition) is 1. The summed E-state index contributed by atoms with van der Waals surface area (Å²) in [4.78, 5) is 26.3. The summed E-state index contributed by atoms with van der Waals surface area (Å²) in [5, 5.41) is 3.62. The third kappa shape index (κ3) is 2.96. The summed E-state index contributed by atoms with van der Waals surface area (Å²) in [5.74, 6) is 0.285. The summed E-state index contributed by atoms with van der Waals surface area (Å²) >= 11 is 1.34. The lowest BCUT2D eigenvalue weighted by molar-refractivity contribution is -0.117. The molecule has 1 aromatic heterocycles. The molecule has 19 heavy (non-hydrogen) atoms. The van der Waals surface area contributed by atoms with Gasteiger partial charge in [-0.1, -0.05) is 0 Å². The second-order valence-corrected chi connectivity index (χ2v) is 5.92. The van der Waals surface area contributed by atoms with E-state index < -0.39 is 0 Å². The van der Waals surface area contributed by atoms with Crippen molar-refractivity contribution in [1.29, 1.82) is 0 Å². The number of amides is 2. The van der Waals surface area contributed by atoms with Crippen LogP contribution in [-0.2, 0) is 9.53 Å². The number of anilines is 1. The molecule has 1 aliphatic carbocycles. The van der Waals surface area contributed by atoms with Crippen molar-refractivity contribution >= 4 is 28.2 Å². The molecule has 102 valence electrons. The molecule has 2 fully saturated rings. The number of rotatable bonds is 3. The van der Waals surface area contributed by atoms with Gasteiger partial charge in [0.05, 0.1) is 23.1 Å². The molecular weight excluding hydrogens is 264 g/mol. The van der Waals surface area contributed by atoms with E-state index in [0.717, 1.165) is 17.8 Å². The summed E-state index contributed by atoms with van der Waals surface area (Å²) < 4.78 is 5.23.